The van der Waals surface area contributed by atoms with E-state index in [0.717, 1.165) is 16.9 Å². The second-order valence-electron chi connectivity index (χ2n) is 4.14. The molecule has 0 aliphatic heterocycles. The first-order valence-corrected chi connectivity index (χ1v) is 5.63. The summed E-state index contributed by atoms with van der Waals surface area (Å²) in [6.07, 6.45) is 0. The number of aliphatic hydroxyl groups excluding tert-OH is 1. The van der Waals surface area contributed by atoms with Crippen LogP contribution in [0.3, 0.4) is 0 Å². The van der Waals surface area contributed by atoms with Crippen LogP contribution in [0, 0.1) is 13.8 Å². The van der Waals surface area contributed by atoms with Crippen LogP contribution >= 0.6 is 0 Å². The molecule has 1 aromatic carbocycles. The SMILES string of the molecule is Cc1cccc(OCC(=O)NC(C)CO)c1C. The van der Waals surface area contributed by atoms with Gasteiger partial charge in [-0.1, -0.05) is 12.1 Å². The summed E-state index contributed by atoms with van der Waals surface area (Å²) in [4.78, 5) is 11.4. The van der Waals surface area contributed by atoms with Crippen molar-refractivity contribution < 1.29 is 14.6 Å². The number of aryl methyl sites for hydroxylation is 1. The predicted octanol–water partition coefficient (Wildman–Crippen LogP) is 1.18. The van der Waals surface area contributed by atoms with E-state index in [4.69, 9.17) is 9.84 Å². The predicted molar refractivity (Wildman–Crippen MR) is 66.1 cm³/mol. The summed E-state index contributed by atoms with van der Waals surface area (Å²) in [5.74, 6) is 0.490. The summed E-state index contributed by atoms with van der Waals surface area (Å²) in [5, 5.41) is 11.4. The number of carbonyl (C=O) groups is 1. The first-order valence-electron chi connectivity index (χ1n) is 5.63. The summed E-state index contributed by atoms with van der Waals surface area (Å²) in [6.45, 7) is 5.58. The highest BCUT2D eigenvalue weighted by atomic mass is 16.5. The average molecular weight is 237 g/mol. The van der Waals surface area contributed by atoms with Gasteiger partial charge < -0.3 is 15.2 Å². The topological polar surface area (TPSA) is 58.6 Å². The maximum Gasteiger partial charge on any atom is 0.258 e. The Hall–Kier alpha value is -1.55. The molecule has 4 heteroatoms. The van der Waals surface area contributed by atoms with Crippen molar-refractivity contribution in [3.8, 4) is 5.75 Å². The lowest BCUT2D eigenvalue weighted by atomic mass is 10.1. The molecule has 2 N–H and O–H groups in total. The molecule has 17 heavy (non-hydrogen) atoms. The Balaban J connectivity index is 2.50. The number of ether oxygens (including phenoxy) is 1. The van der Waals surface area contributed by atoms with Crippen LogP contribution in [0.15, 0.2) is 18.2 Å². The number of aliphatic hydroxyl groups is 1. The van der Waals surface area contributed by atoms with Gasteiger partial charge in [-0.3, -0.25) is 4.79 Å². The summed E-state index contributed by atoms with van der Waals surface area (Å²) < 4.78 is 5.43. The molecule has 0 bridgehead atoms. The van der Waals surface area contributed by atoms with Crippen molar-refractivity contribution in [1.29, 1.82) is 0 Å². The fraction of sp³-hybridized carbons (Fsp3) is 0.462. The van der Waals surface area contributed by atoms with E-state index in [1.54, 1.807) is 6.92 Å². The van der Waals surface area contributed by atoms with Crippen molar-refractivity contribution in [2.24, 2.45) is 0 Å². The van der Waals surface area contributed by atoms with Crippen molar-refractivity contribution in [2.75, 3.05) is 13.2 Å². The van der Waals surface area contributed by atoms with Gasteiger partial charge >= 0.3 is 0 Å². The molecule has 1 unspecified atom stereocenters. The lowest BCUT2D eigenvalue weighted by Gasteiger charge is -2.13. The highest BCUT2D eigenvalue weighted by molar-refractivity contribution is 5.77. The first kappa shape index (κ1) is 13.5. The normalized spacial score (nSPS) is 12.0. The van der Waals surface area contributed by atoms with Crippen LogP contribution in [-0.4, -0.2) is 30.3 Å². The molecule has 0 aromatic heterocycles. The molecular formula is C13H19NO3. The van der Waals surface area contributed by atoms with Gasteiger partial charge in [-0.05, 0) is 38.0 Å². The molecule has 1 rings (SSSR count). The molecule has 94 valence electrons. The number of benzene rings is 1. The summed E-state index contributed by atoms with van der Waals surface area (Å²) in [5.41, 5.74) is 2.17. The van der Waals surface area contributed by atoms with E-state index in [1.807, 2.05) is 32.0 Å². The van der Waals surface area contributed by atoms with Crippen LogP contribution < -0.4 is 10.1 Å². The van der Waals surface area contributed by atoms with Gasteiger partial charge in [0.05, 0.1) is 6.61 Å². The van der Waals surface area contributed by atoms with Gasteiger partial charge in [0.1, 0.15) is 5.75 Å². The fourth-order valence-electron chi connectivity index (χ4n) is 1.39. The molecule has 0 saturated carbocycles. The van der Waals surface area contributed by atoms with Crippen LogP contribution in [0.5, 0.6) is 5.75 Å². The van der Waals surface area contributed by atoms with Gasteiger partial charge in [0.2, 0.25) is 0 Å². The van der Waals surface area contributed by atoms with E-state index < -0.39 is 0 Å². The van der Waals surface area contributed by atoms with Crippen LogP contribution in [0.4, 0.5) is 0 Å². The molecule has 1 aromatic rings. The zero-order valence-corrected chi connectivity index (χ0v) is 10.5. The molecule has 0 aliphatic rings. The quantitative estimate of drug-likeness (QED) is 0.808. The van der Waals surface area contributed by atoms with Crippen molar-refractivity contribution in [2.45, 2.75) is 26.8 Å². The van der Waals surface area contributed by atoms with Crippen LogP contribution in [-0.2, 0) is 4.79 Å². The molecule has 0 fully saturated rings. The summed E-state index contributed by atoms with van der Waals surface area (Å²) >= 11 is 0. The first-order chi connectivity index (χ1) is 8.04. The van der Waals surface area contributed by atoms with E-state index in [-0.39, 0.29) is 25.2 Å². The number of carbonyl (C=O) groups excluding carboxylic acids is 1. The Bertz CT molecular complexity index is 390. The number of nitrogens with one attached hydrogen (secondary N) is 1. The fourth-order valence-corrected chi connectivity index (χ4v) is 1.39. The average Bonchev–Trinajstić information content (AvgIpc) is 2.31. The molecule has 0 saturated heterocycles. The molecule has 0 spiro atoms. The zero-order valence-electron chi connectivity index (χ0n) is 10.5. The minimum atomic E-state index is -0.246. The van der Waals surface area contributed by atoms with E-state index in [9.17, 15) is 4.79 Å². The molecular weight excluding hydrogens is 218 g/mol. The van der Waals surface area contributed by atoms with Gasteiger partial charge in [0.15, 0.2) is 6.61 Å². The minimum Gasteiger partial charge on any atom is -0.483 e. The van der Waals surface area contributed by atoms with E-state index >= 15 is 0 Å². The van der Waals surface area contributed by atoms with Crippen LogP contribution in [0.1, 0.15) is 18.1 Å². The number of hydrogen-bond donors (Lipinski definition) is 2. The van der Waals surface area contributed by atoms with E-state index in [2.05, 4.69) is 5.32 Å². The number of hydrogen-bond acceptors (Lipinski definition) is 3. The van der Waals surface area contributed by atoms with Gasteiger partial charge in [0, 0.05) is 6.04 Å². The van der Waals surface area contributed by atoms with Gasteiger partial charge in [0.25, 0.3) is 5.91 Å². The maximum atomic E-state index is 11.4. The molecule has 4 nitrogen and oxygen atoms in total. The highest BCUT2D eigenvalue weighted by Gasteiger charge is 2.08. The van der Waals surface area contributed by atoms with Crippen LogP contribution in [0.25, 0.3) is 0 Å². The lowest BCUT2D eigenvalue weighted by Crippen LogP contribution is -2.38. The van der Waals surface area contributed by atoms with Gasteiger partial charge in [-0.2, -0.15) is 0 Å². The summed E-state index contributed by atoms with van der Waals surface area (Å²) in [6, 6.07) is 5.48. The standard InChI is InChI=1S/C13H19NO3/c1-9-5-4-6-12(11(9)3)17-8-13(16)14-10(2)7-15/h4-6,10,15H,7-8H2,1-3H3,(H,14,16). The van der Waals surface area contributed by atoms with Crippen molar-refractivity contribution in [1.82, 2.24) is 5.32 Å². The third kappa shape index (κ3) is 4.07. The monoisotopic (exact) mass is 237 g/mol. The Morgan fingerprint density at radius 1 is 1.47 bits per heavy atom. The molecule has 1 atom stereocenters. The van der Waals surface area contributed by atoms with Gasteiger partial charge in [-0.25, -0.2) is 0 Å². The molecule has 0 aliphatic carbocycles. The largest absolute Gasteiger partial charge is 0.483 e. The number of amides is 1. The molecule has 0 heterocycles. The minimum absolute atomic E-state index is 0.0331. The van der Waals surface area contributed by atoms with Crippen molar-refractivity contribution in [3.05, 3.63) is 29.3 Å². The third-order valence-corrected chi connectivity index (χ3v) is 2.59. The van der Waals surface area contributed by atoms with Crippen molar-refractivity contribution in [3.63, 3.8) is 0 Å². The number of rotatable bonds is 5. The molecule has 1 amide bonds. The smallest absolute Gasteiger partial charge is 0.258 e. The van der Waals surface area contributed by atoms with E-state index in [0.29, 0.717) is 0 Å². The highest BCUT2D eigenvalue weighted by Crippen LogP contribution is 2.20. The Labute approximate surface area is 102 Å². The van der Waals surface area contributed by atoms with Crippen molar-refractivity contribution >= 4 is 5.91 Å². The van der Waals surface area contributed by atoms with Gasteiger partial charge in [-0.15, -0.1) is 0 Å². The third-order valence-electron chi connectivity index (χ3n) is 2.59. The Morgan fingerprint density at radius 3 is 2.82 bits per heavy atom. The Morgan fingerprint density at radius 2 is 2.18 bits per heavy atom. The van der Waals surface area contributed by atoms with E-state index in [1.165, 1.54) is 0 Å². The second-order valence-corrected chi connectivity index (χ2v) is 4.14. The lowest BCUT2D eigenvalue weighted by molar-refractivity contribution is -0.124. The maximum absolute atomic E-state index is 11.4. The Kier molecular flexibility index (Phi) is 4.97. The zero-order chi connectivity index (χ0) is 12.8. The summed E-state index contributed by atoms with van der Waals surface area (Å²) in [7, 11) is 0. The second kappa shape index (κ2) is 6.25. The molecule has 0 radical (unpaired) electrons. The van der Waals surface area contributed by atoms with Crippen LogP contribution in [0.2, 0.25) is 0 Å².